The van der Waals surface area contributed by atoms with Crippen LogP contribution in [0, 0.1) is 12.3 Å². The summed E-state index contributed by atoms with van der Waals surface area (Å²) in [6, 6.07) is 6.95. The van der Waals surface area contributed by atoms with Gasteiger partial charge in [0.2, 0.25) is 0 Å². The van der Waals surface area contributed by atoms with Crippen molar-refractivity contribution in [2.75, 3.05) is 5.32 Å². The number of aliphatic hydroxyl groups excluding tert-OH is 1. The van der Waals surface area contributed by atoms with Crippen molar-refractivity contribution in [2.45, 2.75) is 39.7 Å². The van der Waals surface area contributed by atoms with Crippen LogP contribution in [0.4, 0.5) is 5.69 Å². The van der Waals surface area contributed by atoms with E-state index in [2.05, 4.69) is 19.2 Å². The molecule has 1 aliphatic rings. The highest BCUT2D eigenvalue weighted by Crippen LogP contribution is 2.44. The number of carbonyl (C=O) groups is 1. The quantitative estimate of drug-likeness (QED) is 0.850. The summed E-state index contributed by atoms with van der Waals surface area (Å²) in [5.74, 6) is 0.637. The number of furan rings is 1. The lowest BCUT2D eigenvalue weighted by atomic mass is 9.75. The van der Waals surface area contributed by atoms with Crippen molar-refractivity contribution in [3.8, 4) is 0 Å². The molecule has 1 atom stereocenters. The standard InChI is InChI=1S/C18H20ClNO3/c1-10-15-13(21)8-18(2,3)9-14(15)23-16(10)17(22)20-12-6-4-5-11(19)7-12/h4-7,13,21H,8-9H2,1-3H3,(H,20,22). The zero-order chi connectivity index (χ0) is 16.8. The Bertz CT molecular complexity index is 764. The number of anilines is 1. The van der Waals surface area contributed by atoms with E-state index in [1.54, 1.807) is 24.3 Å². The summed E-state index contributed by atoms with van der Waals surface area (Å²) in [7, 11) is 0. The molecule has 122 valence electrons. The predicted molar refractivity (Wildman–Crippen MR) is 89.9 cm³/mol. The van der Waals surface area contributed by atoms with Crippen LogP contribution in [0.3, 0.4) is 0 Å². The molecule has 2 N–H and O–H groups in total. The number of rotatable bonds is 2. The van der Waals surface area contributed by atoms with E-state index in [0.29, 0.717) is 34.9 Å². The summed E-state index contributed by atoms with van der Waals surface area (Å²) in [5, 5.41) is 13.7. The minimum atomic E-state index is -0.592. The monoisotopic (exact) mass is 333 g/mol. The molecule has 0 bridgehead atoms. The van der Waals surface area contributed by atoms with Crippen molar-refractivity contribution in [3.05, 3.63) is 51.9 Å². The van der Waals surface area contributed by atoms with Crippen molar-refractivity contribution in [1.82, 2.24) is 0 Å². The first kappa shape index (κ1) is 16.1. The molecule has 0 saturated heterocycles. The van der Waals surface area contributed by atoms with E-state index in [-0.39, 0.29) is 17.1 Å². The fourth-order valence-corrected chi connectivity index (χ4v) is 3.45. The summed E-state index contributed by atoms with van der Waals surface area (Å²) in [4.78, 5) is 12.5. The Labute approximate surface area is 140 Å². The number of benzene rings is 1. The van der Waals surface area contributed by atoms with E-state index in [1.807, 2.05) is 6.92 Å². The van der Waals surface area contributed by atoms with Gasteiger partial charge in [-0.3, -0.25) is 4.79 Å². The average Bonchev–Trinajstić information content (AvgIpc) is 2.74. The molecule has 1 unspecified atom stereocenters. The van der Waals surface area contributed by atoms with E-state index < -0.39 is 6.10 Å². The second kappa shape index (κ2) is 5.69. The van der Waals surface area contributed by atoms with Gasteiger partial charge in [-0.15, -0.1) is 0 Å². The summed E-state index contributed by atoms with van der Waals surface area (Å²) in [6.07, 6.45) is 0.783. The van der Waals surface area contributed by atoms with Crippen LogP contribution in [0.5, 0.6) is 0 Å². The van der Waals surface area contributed by atoms with Gasteiger partial charge in [0.25, 0.3) is 5.91 Å². The molecule has 2 aromatic rings. The van der Waals surface area contributed by atoms with Crippen LogP contribution in [-0.2, 0) is 6.42 Å². The van der Waals surface area contributed by atoms with Crippen LogP contribution < -0.4 is 5.32 Å². The van der Waals surface area contributed by atoms with Crippen molar-refractivity contribution in [2.24, 2.45) is 5.41 Å². The van der Waals surface area contributed by atoms with Gasteiger partial charge in [-0.2, -0.15) is 0 Å². The zero-order valence-electron chi connectivity index (χ0n) is 13.4. The highest BCUT2D eigenvalue weighted by atomic mass is 35.5. The Morgan fingerprint density at radius 3 is 2.87 bits per heavy atom. The van der Waals surface area contributed by atoms with Gasteiger partial charge in [0.05, 0.1) is 6.10 Å². The minimum absolute atomic E-state index is 0.0442. The van der Waals surface area contributed by atoms with Gasteiger partial charge in [-0.25, -0.2) is 0 Å². The van der Waals surface area contributed by atoms with Crippen LogP contribution in [0.1, 0.15) is 53.8 Å². The van der Waals surface area contributed by atoms with E-state index in [9.17, 15) is 9.90 Å². The van der Waals surface area contributed by atoms with Crippen molar-refractivity contribution >= 4 is 23.2 Å². The first-order chi connectivity index (χ1) is 10.8. The van der Waals surface area contributed by atoms with Crippen LogP contribution in [0.15, 0.2) is 28.7 Å². The highest BCUT2D eigenvalue weighted by molar-refractivity contribution is 6.30. The molecule has 1 aromatic heterocycles. The summed E-state index contributed by atoms with van der Waals surface area (Å²) in [5.41, 5.74) is 2.04. The van der Waals surface area contributed by atoms with Crippen molar-refractivity contribution in [3.63, 3.8) is 0 Å². The Morgan fingerprint density at radius 2 is 2.17 bits per heavy atom. The molecule has 1 heterocycles. The molecular weight excluding hydrogens is 314 g/mol. The Morgan fingerprint density at radius 1 is 1.43 bits per heavy atom. The molecule has 0 spiro atoms. The highest BCUT2D eigenvalue weighted by Gasteiger charge is 2.37. The Hall–Kier alpha value is -1.78. The minimum Gasteiger partial charge on any atom is -0.455 e. The molecule has 0 saturated carbocycles. The van der Waals surface area contributed by atoms with E-state index in [4.69, 9.17) is 16.0 Å². The van der Waals surface area contributed by atoms with Crippen molar-refractivity contribution in [1.29, 1.82) is 0 Å². The number of amides is 1. The topological polar surface area (TPSA) is 62.5 Å². The van der Waals surface area contributed by atoms with E-state index in [0.717, 1.165) is 5.56 Å². The lowest BCUT2D eigenvalue weighted by Gasteiger charge is -2.31. The fraction of sp³-hybridized carbons (Fsp3) is 0.389. The van der Waals surface area contributed by atoms with E-state index >= 15 is 0 Å². The number of aliphatic hydroxyl groups is 1. The number of nitrogens with one attached hydrogen (secondary N) is 1. The van der Waals surface area contributed by atoms with E-state index in [1.165, 1.54) is 0 Å². The smallest absolute Gasteiger partial charge is 0.291 e. The van der Waals surface area contributed by atoms with Crippen molar-refractivity contribution < 1.29 is 14.3 Å². The lowest BCUT2D eigenvalue weighted by Crippen LogP contribution is -2.24. The number of fused-ring (bicyclic) bond motifs is 1. The molecule has 1 aliphatic carbocycles. The van der Waals surface area contributed by atoms with Gasteiger partial charge in [0, 0.05) is 28.3 Å². The molecule has 0 fully saturated rings. The normalized spacial score (nSPS) is 19.3. The first-order valence-electron chi connectivity index (χ1n) is 7.64. The van der Waals surface area contributed by atoms with Crippen LogP contribution >= 0.6 is 11.6 Å². The average molecular weight is 334 g/mol. The number of hydrogen-bond donors (Lipinski definition) is 2. The molecule has 23 heavy (non-hydrogen) atoms. The van der Waals surface area contributed by atoms with Crippen LogP contribution in [-0.4, -0.2) is 11.0 Å². The molecule has 4 nitrogen and oxygen atoms in total. The maximum atomic E-state index is 12.5. The largest absolute Gasteiger partial charge is 0.455 e. The Kier molecular flexibility index (Phi) is 3.98. The third kappa shape index (κ3) is 3.14. The zero-order valence-corrected chi connectivity index (χ0v) is 14.2. The second-order valence-electron chi connectivity index (χ2n) is 6.92. The second-order valence-corrected chi connectivity index (χ2v) is 7.35. The van der Waals surface area contributed by atoms with Gasteiger partial charge >= 0.3 is 0 Å². The molecule has 0 aliphatic heterocycles. The summed E-state index contributed by atoms with van der Waals surface area (Å²) < 4.78 is 5.80. The molecule has 1 aromatic carbocycles. The molecular formula is C18H20ClNO3. The van der Waals surface area contributed by atoms with Gasteiger partial charge < -0.3 is 14.8 Å². The number of halogens is 1. The van der Waals surface area contributed by atoms with Crippen LogP contribution in [0.2, 0.25) is 5.02 Å². The maximum Gasteiger partial charge on any atom is 0.291 e. The SMILES string of the molecule is Cc1c(C(=O)Nc2cccc(Cl)c2)oc2c1C(O)CC(C)(C)C2. The van der Waals surface area contributed by atoms with Gasteiger partial charge in [0.15, 0.2) is 5.76 Å². The fourth-order valence-electron chi connectivity index (χ4n) is 3.26. The van der Waals surface area contributed by atoms with Gasteiger partial charge in [-0.1, -0.05) is 31.5 Å². The van der Waals surface area contributed by atoms with Gasteiger partial charge in [0.1, 0.15) is 5.76 Å². The molecule has 3 rings (SSSR count). The number of carbonyl (C=O) groups excluding carboxylic acids is 1. The maximum absolute atomic E-state index is 12.5. The predicted octanol–water partition coefficient (Wildman–Crippen LogP) is 4.50. The molecule has 5 heteroatoms. The third-order valence-electron chi connectivity index (χ3n) is 4.28. The summed E-state index contributed by atoms with van der Waals surface area (Å²) >= 11 is 5.93. The third-order valence-corrected chi connectivity index (χ3v) is 4.51. The van der Waals surface area contributed by atoms with Gasteiger partial charge in [-0.05, 0) is 37.0 Å². The molecule has 1 amide bonds. The Balaban J connectivity index is 1.91. The summed E-state index contributed by atoms with van der Waals surface area (Å²) in [6.45, 7) is 5.99. The number of hydrogen-bond acceptors (Lipinski definition) is 3. The van der Waals surface area contributed by atoms with Crippen LogP contribution in [0.25, 0.3) is 0 Å². The lowest BCUT2D eigenvalue weighted by molar-refractivity contribution is 0.0910. The first-order valence-corrected chi connectivity index (χ1v) is 8.02. The molecule has 0 radical (unpaired) electrons.